The quantitative estimate of drug-likeness (QED) is 0.826. The number of anilines is 1. The maximum atomic E-state index is 12.2. The summed E-state index contributed by atoms with van der Waals surface area (Å²) in [5.74, 6) is 0.499. The molecule has 3 rings (SSSR count). The van der Waals surface area contributed by atoms with Crippen LogP contribution in [0, 0.1) is 5.92 Å². The Hall–Kier alpha value is -1.46. The molecule has 2 aliphatic rings. The Kier molecular flexibility index (Phi) is 6.65. The molecule has 0 bridgehead atoms. The number of hydrogen-bond donors (Lipinski definition) is 2. The molecule has 1 aromatic carbocycles. The van der Waals surface area contributed by atoms with Crippen molar-refractivity contribution >= 4 is 23.3 Å². The number of likely N-dealkylation sites (tertiary alicyclic amines) is 1. The summed E-state index contributed by atoms with van der Waals surface area (Å²) in [7, 11) is 0. The summed E-state index contributed by atoms with van der Waals surface area (Å²) < 4.78 is 0. The van der Waals surface area contributed by atoms with Gasteiger partial charge in [0.25, 0.3) is 0 Å². The minimum absolute atomic E-state index is 0.0158. The zero-order chi connectivity index (χ0) is 18.5. The summed E-state index contributed by atoms with van der Waals surface area (Å²) in [4.78, 5) is 17.0. The SMILES string of the molecule is CC(C)N1CCC(NC(=O)NC[C@H]2CCN(c3ccc(Cl)cc3)C2)CC1. The van der Waals surface area contributed by atoms with Gasteiger partial charge in [-0.1, -0.05) is 11.6 Å². The van der Waals surface area contributed by atoms with Gasteiger partial charge in [-0.15, -0.1) is 0 Å². The first-order chi connectivity index (χ1) is 12.5. The first-order valence-electron chi connectivity index (χ1n) is 9.80. The Labute approximate surface area is 162 Å². The van der Waals surface area contributed by atoms with E-state index in [1.165, 1.54) is 5.69 Å². The van der Waals surface area contributed by atoms with Crippen molar-refractivity contribution < 1.29 is 4.79 Å². The molecular formula is C20H31ClN4O. The van der Waals surface area contributed by atoms with Gasteiger partial charge in [0, 0.05) is 55.5 Å². The van der Waals surface area contributed by atoms with E-state index in [0.717, 1.165) is 57.0 Å². The number of hydrogen-bond acceptors (Lipinski definition) is 3. The molecule has 1 aromatic rings. The van der Waals surface area contributed by atoms with Gasteiger partial charge in [-0.3, -0.25) is 0 Å². The van der Waals surface area contributed by atoms with Crippen LogP contribution in [-0.4, -0.2) is 55.7 Å². The molecule has 144 valence electrons. The highest BCUT2D eigenvalue weighted by atomic mass is 35.5. The number of nitrogens with one attached hydrogen (secondary N) is 2. The first kappa shape index (κ1) is 19.3. The highest BCUT2D eigenvalue weighted by Gasteiger charge is 2.25. The van der Waals surface area contributed by atoms with Crippen LogP contribution in [0.4, 0.5) is 10.5 Å². The monoisotopic (exact) mass is 378 g/mol. The average molecular weight is 379 g/mol. The molecule has 0 unspecified atom stereocenters. The zero-order valence-corrected chi connectivity index (χ0v) is 16.6. The summed E-state index contributed by atoms with van der Waals surface area (Å²) in [6.45, 7) is 9.35. The molecule has 2 saturated heterocycles. The second-order valence-electron chi connectivity index (χ2n) is 7.84. The maximum absolute atomic E-state index is 12.2. The van der Waals surface area contributed by atoms with E-state index in [9.17, 15) is 4.79 Å². The van der Waals surface area contributed by atoms with Crippen molar-refractivity contribution in [3.8, 4) is 0 Å². The van der Waals surface area contributed by atoms with E-state index in [4.69, 9.17) is 11.6 Å². The molecule has 26 heavy (non-hydrogen) atoms. The summed E-state index contributed by atoms with van der Waals surface area (Å²) in [6.07, 6.45) is 3.19. The number of nitrogens with zero attached hydrogens (tertiary/aromatic N) is 2. The lowest BCUT2D eigenvalue weighted by atomic mass is 10.0. The van der Waals surface area contributed by atoms with Crippen molar-refractivity contribution in [3.63, 3.8) is 0 Å². The number of rotatable bonds is 5. The van der Waals surface area contributed by atoms with Crippen molar-refractivity contribution in [1.29, 1.82) is 0 Å². The molecule has 0 saturated carbocycles. The van der Waals surface area contributed by atoms with Crippen LogP contribution in [0.2, 0.25) is 5.02 Å². The van der Waals surface area contributed by atoms with Crippen molar-refractivity contribution in [2.75, 3.05) is 37.6 Å². The molecule has 0 spiro atoms. The van der Waals surface area contributed by atoms with Crippen molar-refractivity contribution in [2.24, 2.45) is 5.92 Å². The number of urea groups is 1. The van der Waals surface area contributed by atoms with Crippen LogP contribution in [0.15, 0.2) is 24.3 Å². The van der Waals surface area contributed by atoms with Gasteiger partial charge in [0.05, 0.1) is 0 Å². The Bertz CT molecular complexity index is 584. The number of amides is 2. The van der Waals surface area contributed by atoms with E-state index < -0.39 is 0 Å². The lowest BCUT2D eigenvalue weighted by molar-refractivity contribution is 0.161. The fraction of sp³-hybridized carbons (Fsp3) is 0.650. The van der Waals surface area contributed by atoms with E-state index >= 15 is 0 Å². The normalized spacial score (nSPS) is 22.0. The largest absolute Gasteiger partial charge is 0.371 e. The molecule has 2 heterocycles. The Morgan fingerprint density at radius 3 is 2.50 bits per heavy atom. The molecular weight excluding hydrogens is 348 g/mol. The van der Waals surface area contributed by atoms with Gasteiger partial charge >= 0.3 is 6.03 Å². The van der Waals surface area contributed by atoms with Crippen LogP contribution in [0.1, 0.15) is 33.1 Å². The fourth-order valence-electron chi connectivity index (χ4n) is 3.92. The smallest absolute Gasteiger partial charge is 0.315 e. The lowest BCUT2D eigenvalue weighted by Crippen LogP contribution is -2.49. The first-order valence-corrected chi connectivity index (χ1v) is 10.2. The predicted octanol–water partition coefficient (Wildman–Crippen LogP) is 3.34. The number of carbonyl (C=O) groups is 1. The van der Waals surface area contributed by atoms with Crippen molar-refractivity contribution in [2.45, 2.75) is 45.2 Å². The standard InChI is InChI=1S/C20H31ClN4O/c1-15(2)24-11-8-18(9-12-24)23-20(26)22-13-16-7-10-25(14-16)19-5-3-17(21)4-6-19/h3-6,15-16,18H,7-14H2,1-2H3,(H2,22,23,26)/t16-/m1/s1. The fourth-order valence-corrected chi connectivity index (χ4v) is 4.05. The Morgan fingerprint density at radius 2 is 1.85 bits per heavy atom. The van der Waals surface area contributed by atoms with Crippen molar-refractivity contribution in [3.05, 3.63) is 29.3 Å². The molecule has 5 nitrogen and oxygen atoms in total. The summed E-state index contributed by atoms with van der Waals surface area (Å²) in [5.41, 5.74) is 1.21. The molecule has 0 radical (unpaired) electrons. The molecule has 1 atom stereocenters. The molecule has 6 heteroatoms. The third kappa shape index (κ3) is 5.27. The zero-order valence-electron chi connectivity index (χ0n) is 15.9. The van der Waals surface area contributed by atoms with Gasteiger partial charge < -0.3 is 20.4 Å². The molecule has 0 aliphatic carbocycles. The van der Waals surface area contributed by atoms with Crippen LogP contribution < -0.4 is 15.5 Å². The van der Waals surface area contributed by atoms with Gasteiger partial charge in [0.2, 0.25) is 0 Å². The highest BCUT2D eigenvalue weighted by Crippen LogP contribution is 2.24. The number of piperidine rings is 1. The van der Waals surface area contributed by atoms with E-state index in [-0.39, 0.29) is 6.03 Å². The number of benzene rings is 1. The van der Waals surface area contributed by atoms with E-state index in [2.05, 4.69) is 46.4 Å². The second-order valence-corrected chi connectivity index (χ2v) is 8.27. The number of carbonyl (C=O) groups excluding carboxylic acids is 1. The third-order valence-electron chi connectivity index (χ3n) is 5.62. The van der Waals surface area contributed by atoms with E-state index in [0.29, 0.717) is 18.0 Å². The van der Waals surface area contributed by atoms with Gasteiger partial charge in [0.1, 0.15) is 0 Å². The van der Waals surface area contributed by atoms with Gasteiger partial charge in [-0.25, -0.2) is 4.79 Å². The van der Waals surface area contributed by atoms with Crippen LogP contribution in [0.5, 0.6) is 0 Å². The van der Waals surface area contributed by atoms with Gasteiger partial charge in [0.15, 0.2) is 0 Å². The topological polar surface area (TPSA) is 47.6 Å². The van der Waals surface area contributed by atoms with Gasteiger partial charge in [-0.05, 0) is 63.3 Å². The van der Waals surface area contributed by atoms with Crippen LogP contribution >= 0.6 is 11.6 Å². The molecule has 2 amide bonds. The van der Waals surface area contributed by atoms with Crippen molar-refractivity contribution in [1.82, 2.24) is 15.5 Å². The molecule has 2 fully saturated rings. The summed E-state index contributed by atoms with van der Waals surface area (Å²) in [6, 6.07) is 8.87. The Morgan fingerprint density at radius 1 is 1.15 bits per heavy atom. The number of halogens is 1. The second kappa shape index (κ2) is 8.96. The predicted molar refractivity (Wildman–Crippen MR) is 108 cm³/mol. The summed E-state index contributed by atoms with van der Waals surface area (Å²) >= 11 is 5.96. The van der Waals surface area contributed by atoms with E-state index in [1.54, 1.807) is 0 Å². The molecule has 2 aliphatic heterocycles. The minimum Gasteiger partial charge on any atom is -0.371 e. The van der Waals surface area contributed by atoms with Gasteiger partial charge in [-0.2, -0.15) is 0 Å². The van der Waals surface area contributed by atoms with Crippen LogP contribution in [0.25, 0.3) is 0 Å². The molecule has 0 aromatic heterocycles. The van der Waals surface area contributed by atoms with Crippen LogP contribution in [-0.2, 0) is 0 Å². The maximum Gasteiger partial charge on any atom is 0.315 e. The van der Waals surface area contributed by atoms with Crippen LogP contribution in [0.3, 0.4) is 0 Å². The average Bonchev–Trinajstić information content (AvgIpc) is 3.10. The Balaban J connectivity index is 1.36. The third-order valence-corrected chi connectivity index (χ3v) is 5.88. The van der Waals surface area contributed by atoms with E-state index in [1.807, 2.05) is 12.1 Å². The highest BCUT2D eigenvalue weighted by molar-refractivity contribution is 6.30. The minimum atomic E-state index is -0.0158. The molecule has 2 N–H and O–H groups in total. The summed E-state index contributed by atoms with van der Waals surface area (Å²) in [5, 5.41) is 6.99. The lowest BCUT2D eigenvalue weighted by Gasteiger charge is -2.34.